The summed E-state index contributed by atoms with van der Waals surface area (Å²) >= 11 is 0. The van der Waals surface area contributed by atoms with Crippen LogP contribution in [0.25, 0.3) is 11.0 Å². The van der Waals surface area contributed by atoms with Crippen molar-refractivity contribution in [1.29, 1.82) is 0 Å². The van der Waals surface area contributed by atoms with E-state index in [9.17, 15) is 19.2 Å². The summed E-state index contributed by atoms with van der Waals surface area (Å²) in [6, 6.07) is 5.65. The SMILES string of the molecule is COc1ccc2c(COC(=O)CN3C(=O)NC4(CCC(C(C)(C)C)CC4)C3=O)cc(=O)oc2c1. The van der Waals surface area contributed by atoms with E-state index in [4.69, 9.17) is 13.9 Å². The standard InChI is InChI=1S/C25H30N2O7/c1-24(2,3)16-7-9-25(10-8-16)22(30)27(23(31)26-25)13-21(29)33-14-15-11-20(28)34-19-12-17(32-4)5-6-18(15)19/h5-6,11-12,16H,7-10,13-14H2,1-4H3,(H,26,31). The molecule has 1 aromatic carbocycles. The number of ether oxygens (including phenoxy) is 2. The monoisotopic (exact) mass is 470 g/mol. The summed E-state index contributed by atoms with van der Waals surface area (Å²) < 4.78 is 15.7. The van der Waals surface area contributed by atoms with Gasteiger partial charge >= 0.3 is 17.6 Å². The fourth-order valence-corrected chi connectivity index (χ4v) is 4.92. The maximum atomic E-state index is 13.1. The molecule has 3 amide bonds. The number of urea groups is 1. The molecule has 1 aliphatic carbocycles. The van der Waals surface area contributed by atoms with Crippen LogP contribution in [0.3, 0.4) is 0 Å². The van der Waals surface area contributed by atoms with Gasteiger partial charge in [-0.05, 0) is 49.1 Å². The van der Waals surface area contributed by atoms with Crippen molar-refractivity contribution in [3.05, 3.63) is 40.2 Å². The van der Waals surface area contributed by atoms with E-state index in [0.717, 1.165) is 17.7 Å². The van der Waals surface area contributed by atoms with Crippen LogP contribution in [-0.4, -0.2) is 42.0 Å². The molecule has 2 aliphatic rings. The summed E-state index contributed by atoms with van der Waals surface area (Å²) in [5.74, 6) is -0.118. The zero-order chi connectivity index (χ0) is 24.7. The molecule has 0 atom stereocenters. The fraction of sp³-hybridized carbons (Fsp3) is 0.520. The molecule has 2 heterocycles. The first kappa shape index (κ1) is 23.8. The second kappa shape index (κ2) is 8.77. The molecule has 0 bridgehead atoms. The van der Waals surface area contributed by atoms with E-state index >= 15 is 0 Å². The molecule has 9 nitrogen and oxygen atoms in total. The third-order valence-corrected chi connectivity index (χ3v) is 7.02. The van der Waals surface area contributed by atoms with Crippen molar-refractivity contribution in [2.45, 2.75) is 58.6 Å². The summed E-state index contributed by atoms with van der Waals surface area (Å²) in [5.41, 5.74) is -0.627. The predicted molar refractivity (Wildman–Crippen MR) is 123 cm³/mol. The number of hydrogen-bond acceptors (Lipinski definition) is 7. The van der Waals surface area contributed by atoms with E-state index in [0.29, 0.717) is 41.0 Å². The van der Waals surface area contributed by atoms with Gasteiger partial charge in [0.25, 0.3) is 5.91 Å². The molecular weight excluding hydrogens is 440 g/mol. The lowest BCUT2D eigenvalue weighted by atomic mass is 9.67. The number of carbonyl (C=O) groups is 3. The Morgan fingerprint density at radius 3 is 2.53 bits per heavy atom. The lowest BCUT2D eigenvalue weighted by Gasteiger charge is -2.40. The Bertz CT molecular complexity index is 1190. The van der Waals surface area contributed by atoms with Crippen molar-refractivity contribution in [3.8, 4) is 5.75 Å². The molecule has 1 saturated carbocycles. The molecule has 182 valence electrons. The third kappa shape index (κ3) is 4.51. The number of hydrogen-bond donors (Lipinski definition) is 1. The Hall–Kier alpha value is -3.36. The molecule has 1 aliphatic heterocycles. The largest absolute Gasteiger partial charge is 0.497 e. The average Bonchev–Trinajstić information content (AvgIpc) is 3.00. The lowest BCUT2D eigenvalue weighted by Crippen LogP contribution is -2.50. The van der Waals surface area contributed by atoms with Gasteiger partial charge in [-0.1, -0.05) is 20.8 Å². The molecular formula is C25H30N2O7. The molecule has 1 saturated heterocycles. The van der Waals surface area contributed by atoms with Gasteiger partial charge in [-0.3, -0.25) is 14.5 Å². The van der Waals surface area contributed by atoms with E-state index in [-0.39, 0.29) is 17.9 Å². The number of methoxy groups -OCH3 is 1. The molecule has 1 N–H and O–H groups in total. The molecule has 2 fully saturated rings. The zero-order valence-corrected chi connectivity index (χ0v) is 19.9. The van der Waals surface area contributed by atoms with E-state index in [2.05, 4.69) is 26.1 Å². The normalized spacial score (nSPS) is 22.8. The first-order chi connectivity index (χ1) is 16.0. The molecule has 1 aromatic heterocycles. The van der Waals surface area contributed by atoms with Crippen molar-refractivity contribution in [2.24, 2.45) is 11.3 Å². The van der Waals surface area contributed by atoms with Crippen LogP contribution in [0, 0.1) is 11.3 Å². The molecule has 2 aromatic rings. The third-order valence-electron chi connectivity index (χ3n) is 7.02. The quantitative estimate of drug-likeness (QED) is 0.405. The van der Waals surface area contributed by atoms with Crippen molar-refractivity contribution < 1.29 is 28.3 Å². The number of nitrogens with zero attached hydrogens (tertiary/aromatic N) is 1. The van der Waals surface area contributed by atoms with Gasteiger partial charge in [-0.25, -0.2) is 9.59 Å². The minimum absolute atomic E-state index is 0.140. The number of esters is 1. The highest BCUT2D eigenvalue weighted by Gasteiger charge is 2.53. The first-order valence-corrected chi connectivity index (χ1v) is 11.4. The van der Waals surface area contributed by atoms with E-state index < -0.39 is 29.7 Å². The van der Waals surface area contributed by atoms with Crippen molar-refractivity contribution >= 4 is 28.9 Å². The number of benzene rings is 1. The number of amides is 3. The van der Waals surface area contributed by atoms with Gasteiger partial charge in [0.15, 0.2) is 0 Å². The van der Waals surface area contributed by atoms with Gasteiger partial charge in [0.2, 0.25) is 0 Å². The summed E-state index contributed by atoms with van der Waals surface area (Å²) in [4.78, 5) is 51.0. The smallest absolute Gasteiger partial charge is 0.336 e. The Morgan fingerprint density at radius 1 is 1.18 bits per heavy atom. The Morgan fingerprint density at radius 2 is 1.88 bits per heavy atom. The van der Waals surface area contributed by atoms with Crippen LogP contribution in [0.5, 0.6) is 5.75 Å². The topological polar surface area (TPSA) is 115 Å². The van der Waals surface area contributed by atoms with E-state index in [1.54, 1.807) is 18.2 Å². The van der Waals surface area contributed by atoms with E-state index in [1.807, 2.05) is 0 Å². The predicted octanol–water partition coefficient (Wildman–Crippen LogP) is 3.37. The Balaban J connectivity index is 1.41. The van der Waals surface area contributed by atoms with Gasteiger partial charge < -0.3 is 19.2 Å². The highest BCUT2D eigenvalue weighted by molar-refractivity contribution is 6.08. The Kier molecular flexibility index (Phi) is 6.14. The summed E-state index contributed by atoms with van der Waals surface area (Å²) in [6.45, 7) is 5.87. The molecule has 9 heteroatoms. The van der Waals surface area contributed by atoms with Crippen LogP contribution < -0.4 is 15.7 Å². The van der Waals surface area contributed by atoms with Gasteiger partial charge in [-0.2, -0.15) is 0 Å². The minimum atomic E-state index is -0.938. The average molecular weight is 471 g/mol. The van der Waals surface area contributed by atoms with Crippen LogP contribution in [-0.2, 0) is 20.9 Å². The fourth-order valence-electron chi connectivity index (χ4n) is 4.92. The molecule has 4 rings (SSSR count). The molecule has 0 radical (unpaired) electrons. The second-order valence-corrected chi connectivity index (χ2v) is 10.2. The number of fused-ring (bicyclic) bond motifs is 1. The maximum Gasteiger partial charge on any atom is 0.336 e. The minimum Gasteiger partial charge on any atom is -0.497 e. The number of nitrogens with one attached hydrogen (secondary N) is 1. The van der Waals surface area contributed by atoms with Crippen molar-refractivity contribution in [3.63, 3.8) is 0 Å². The van der Waals surface area contributed by atoms with Crippen LogP contribution in [0.1, 0.15) is 52.0 Å². The van der Waals surface area contributed by atoms with Gasteiger partial charge in [-0.15, -0.1) is 0 Å². The number of rotatable bonds is 5. The van der Waals surface area contributed by atoms with Crippen LogP contribution in [0.2, 0.25) is 0 Å². The van der Waals surface area contributed by atoms with Gasteiger partial charge in [0, 0.05) is 23.1 Å². The van der Waals surface area contributed by atoms with Gasteiger partial charge in [0.05, 0.1) is 7.11 Å². The molecule has 1 spiro atoms. The number of carbonyl (C=O) groups excluding carboxylic acids is 3. The zero-order valence-electron chi connectivity index (χ0n) is 19.9. The second-order valence-electron chi connectivity index (χ2n) is 10.2. The van der Waals surface area contributed by atoms with Crippen molar-refractivity contribution in [1.82, 2.24) is 10.2 Å². The molecule has 0 unspecified atom stereocenters. The maximum absolute atomic E-state index is 13.1. The Labute approximate surface area is 197 Å². The van der Waals surface area contributed by atoms with E-state index in [1.165, 1.54) is 13.2 Å². The lowest BCUT2D eigenvalue weighted by molar-refractivity contribution is -0.149. The van der Waals surface area contributed by atoms with Crippen LogP contribution in [0.15, 0.2) is 33.5 Å². The molecule has 34 heavy (non-hydrogen) atoms. The highest BCUT2D eigenvalue weighted by Crippen LogP contribution is 2.43. The summed E-state index contributed by atoms with van der Waals surface area (Å²) in [7, 11) is 1.50. The van der Waals surface area contributed by atoms with Crippen LogP contribution >= 0.6 is 0 Å². The van der Waals surface area contributed by atoms with Gasteiger partial charge in [0.1, 0.15) is 30.0 Å². The van der Waals surface area contributed by atoms with Crippen molar-refractivity contribution in [2.75, 3.05) is 13.7 Å². The van der Waals surface area contributed by atoms with Crippen LogP contribution in [0.4, 0.5) is 4.79 Å². The summed E-state index contributed by atoms with van der Waals surface area (Å²) in [5, 5.41) is 3.42. The number of imide groups is 1. The first-order valence-electron chi connectivity index (χ1n) is 11.4. The highest BCUT2D eigenvalue weighted by atomic mass is 16.5. The summed E-state index contributed by atoms with van der Waals surface area (Å²) in [6.07, 6.45) is 2.78.